The summed E-state index contributed by atoms with van der Waals surface area (Å²) in [6.45, 7) is 7.28. The molecule has 2 aliphatic heterocycles. The fourth-order valence-corrected chi connectivity index (χ4v) is 4.74. The average molecular weight is 476 g/mol. The maximum absolute atomic E-state index is 12.9. The average Bonchev–Trinajstić information content (AvgIpc) is 3.38. The largest absolute Gasteiger partial charge is 0.379 e. The maximum atomic E-state index is 12.9. The van der Waals surface area contributed by atoms with Crippen molar-refractivity contribution in [2.75, 3.05) is 39.4 Å². The van der Waals surface area contributed by atoms with Crippen LogP contribution in [0.25, 0.3) is 11.4 Å². The molecule has 1 atom stereocenters. The minimum absolute atomic E-state index is 0.0270. The minimum Gasteiger partial charge on any atom is -0.379 e. The second kappa shape index (κ2) is 11.6. The molecule has 1 N–H and O–H groups in total. The number of benzene rings is 2. The van der Waals surface area contributed by atoms with Gasteiger partial charge in [-0.3, -0.25) is 14.6 Å². The smallest absolute Gasteiger partial charge is 0.241 e. The van der Waals surface area contributed by atoms with Crippen molar-refractivity contribution in [1.82, 2.24) is 25.3 Å². The molecule has 0 spiro atoms. The van der Waals surface area contributed by atoms with E-state index in [1.807, 2.05) is 30.3 Å². The fourth-order valence-electron chi connectivity index (χ4n) is 4.74. The third-order valence-electron chi connectivity index (χ3n) is 6.73. The quantitative estimate of drug-likeness (QED) is 0.536. The molecular weight excluding hydrogens is 442 g/mol. The van der Waals surface area contributed by atoms with E-state index in [1.54, 1.807) is 0 Å². The molecule has 184 valence electrons. The van der Waals surface area contributed by atoms with Crippen molar-refractivity contribution in [3.05, 3.63) is 71.6 Å². The van der Waals surface area contributed by atoms with E-state index in [-0.39, 0.29) is 11.8 Å². The van der Waals surface area contributed by atoms with Crippen LogP contribution in [-0.4, -0.2) is 65.2 Å². The summed E-state index contributed by atoms with van der Waals surface area (Å²) in [5.74, 6) is 1.27. The van der Waals surface area contributed by atoms with Crippen LogP contribution >= 0.6 is 0 Å². The molecule has 0 saturated carbocycles. The Morgan fingerprint density at radius 3 is 2.51 bits per heavy atom. The summed E-state index contributed by atoms with van der Waals surface area (Å²) in [7, 11) is 0. The number of morpholine rings is 1. The molecule has 0 bridgehead atoms. The zero-order valence-electron chi connectivity index (χ0n) is 20.1. The van der Waals surface area contributed by atoms with Crippen LogP contribution in [0.3, 0.4) is 0 Å². The number of nitrogens with one attached hydrogen (secondary N) is 1. The van der Waals surface area contributed by atoms with Gasteiger partial charge >= 0.3 is 0 Å². The molecule has 0 aliphatic carbocycles. The van der Waals surface area contributed by atoms with Crippen molar-refractivity contribution < 1.29 is 14.1 Å². The van der Waals surface area contributed by atoms with E-state index in [4.69, 9.17) is 9.26 Å². The Morgan fingerprint density at radius 2 is 1.71 bits per heavy atom. The highest BCUT2D eigenvalue weighted by atomic mass is 16.5. The molecule has 2 fully saturated rings. The number of carbonyl (C=O) groups is 1. The minimum atomic E-state index is -0.0270. The Hall–Kier alpha value is -3.07. The van der Waals surface area contributed by atoms with Gasteiger partial charge in [0, 0.05) is 38.3 Å². The van der Waals surface area contributed by atoms with Crippen LogP contribution in [0.5, 0.6) is 0 Å². The summed E-state index contributed by atoms with van der Waals surface area (Å²) in [5, 5.41) is 7.24. The van der Waals surface area contributed by atoms with Crippen molar-refractivity contribution in [2.45, 2.75) is 32.5 Å². The van der Waals surface area contributed by atoms with E-state index in [1.165, 1.54) is 5.56 Å². The number of piperidine rings is 1. The zero-order chi connectivity index (χ0) is 23.9. The lowest BCUT2D eigenvalue weighted by atomic mass is 9.97. The second-order valence-electron chi connectivity index (χ2n) is 9.37. The maximum Gasteiger partial charge on any atom is 0.241 e. The summed E-state index contributed by atoms with van der Waals surface area (Å²) in [4.78, 5) is 22.1. The van der Waals surface area contributed by atoms with Gasteiger partial charge in [-0.25, -0.2) is 0 Å². The Kier molecular flexibility index (Phi) is 7.82. The number of hydrogen-bond acceptors (Lipinski definition) is 7. The normalized spacial score (nSPS) is 19.5. The molecule has 35 heavy (non-hydrogen) atoms. The summed E-state index contributed by atoms with van der Waals surface area (Å²) in [6, 6.07) is 18.4. The van der Waals surface area contributed by atoms with Crippen LogP contribution in [0.2, 0.25) is 0 Å². The van der Waals surface area contributed by atoms with Crippen molar-refractivity contribution in [1.29, 1.82) is 0 Å². The van der Waals surface area contributed by atoms with Gasteiger partial charge in [0.25, 0.3) is 0 Å². The number of hydrogen-bond donors (Lipinski definition) is 1. The molecule has 1 aromatic heterocycles. The zero-order valence-corrected chi connectivity index (χ0v) is 20.1. The molecule has 3 heterocycles. The van der Waals surface area contributed by atoms with Crippen LogP contribution in [0.4, 0.5) is 0 Å². The lowest BCUT2D eigenvalue weighted by Gasteiger charge is -2.30. The van der Waals surface area contributed by atoms with Gasteiger partial charge in [-0.15, -0.1) is 0 Å². The summed E-state index contributed by atoms with van der Waals surface area (Å²) in [6.07, 6.45) is 1.88. The molecule has 1 amide bonds. The predicted molar refractivity (Wildman–Crippen MR) is 132 cm³/mol. The molecule has 2 saturated heterocycles. The van der Waals surface area contributed by atoms with Gasteiger partial charge in [0.15, 0.2) is 0 Å². The van der Waals surface area contributed by atoms with Gasteiger partial charge in [0.1, 0.15) is 0 Å². The van der Waals surface area contributed by atoms with Gasteiger partial charge in [0.2, 0.25) is 17.6 Å². The Labute approximate surface area is 206 Å². The van der Waals surface area contributed by atoms with Crippen LogP contribution in [0.15, 0.2) is 59.1 Å². The van der Waals surface area contributed by atoms with Crippen molar-refractivity contribution >= 4 is 5.91 Å². The van der Waals surface area contributed by atoms with Crippen LogP contribution in [0, 0.1) is 5.92 Å². The third kappa shape index (κ3) is 6.54. The highest BCUT2D eigenvalue weighted by molar-refractivity contribution is 5.79. The highest BCUT2D eigenvalue weighted by Gasteiger charge is 2.27. The molecular formula is C27H33N5O3. The number of ether oxygens (including phenoxy) is 1. The first-order chi connectivity index (χ1) is 17.2. The monoisotopic (exact) mass is 475 g/mol. The molecule has 0 radical (unpaired) electrons. The summed E-state index contributed by atoms with van der Waals surface area (Å²) in [5.41, 5.74) is 3.35. The predicted octanol–water partition coefficient (Wildman–Crippen LogP) is 3.10. The number of amides is 1. The first-order valence-electron chi connectivity index (χ1n) is 12.5. The molecule has 3 aromatic rings. The summed E-state index contributed by atoms with van der Waals surface area (Å²) >= 11 is 0. The van der Waals surface area contributed by atoms with Gasteiger partial charge in [-0.05, 0) is 30.5 Å². The Balaban J connectivity index is 1.08. The Bertz CT molecular complexity index is 1080. The molecule has 5 rings (SSSR count). The standard InChI is InChI=1S/C27H33N5O3/c33-27(28-17-21-8-10-22(11-9-21)18-31-13-15-34-16-14-31)24-7-4-12-32(19-24)20-25-29-26(30-35-25)23-5-2-1-3-6-23/h1-3,5-6,8-11,24H,4,7,12-20H2,(H,28,33). The Morgan fingerprint density at radius 1 is 0.943 bits per heavy atom. The number of rotatable bonds is 8. The highest BCUT2D eigenvalue weighted by Crippen LogP contribution is 2.20. The first-order valence-corrected chi connectivity index (χ1v) is 12.5. The fraction of sp³-hybridized carbons (Fsp3) is 0.444. The van der Waals surface area contributed by atoms with Gasteiger partial charge in [-0.2, -0.15) is 4.98 Å². The SMILES string of the molecule is O=C(NCc1ccc(CN2CCOCC2)cc1)C1CCCN(Cc2nc(-c3ccccc3)no2)C1. The topological polar surface area (TPSA) is 83.7 Å². The van der Waals surface area contributed by atoms with E-state index in [2.05, 4.69) is 49.5 Å². The second-order valence-corrected chi connectivity index (χ2v) is 9.37. The van der Waals surface area contributed by atoms with Gasteiger partial charge < -0.3 is 14.6 Å². The van der Waals surface area contributed by atoms with Crippen molar-refractivity contribution in [2.24, 2.45) is 5.92 Å². The van der Waals surface area contributed by atoms with E-state index in [9.17, 15) is 4.79 Å². The van der Waals surface area contributed by atoms with Crippen molar-refractivity contribution in [3.63, 3.8) is 0 Å². The van der Waals surface area contributed by atoms with E-state index in [0.717, 1.165) is 63.4 Å². The van der Waals surface area contributed by atoms with Crippen LogP contribution in [-0.2, 0) is 29.2 Å². The van der Waals surface area contributed by atoms with Crippen LogP contribution < -0.4 is 5.32 Å². The molecule has 2 aliphatic rings. The molecule has 8 heteroatoms. The van der Waals surface area contributed by atoms with E-state index >= 15 is 0 Å². The molecule has 8 nitrogen and oxygen atoms in total. The number of carbonyl (C=O) groups excluding carboxylic acids is 1. The number of aromatic nitrogens is 2. The molecule has 1 unspecified atom stereocenters. The number of likely N-dealkylation sites (tertiary alicyclic amines) is 1. The van der Waals surface area contributed by atoms with E-state index < -0.39 is 0 Å². The molecule has 2 aromatic carbocycles. The number of nitrogens with zero attached hydrogens (tertiary/aromatic N) is 4. The van der Waals surface area contributed by atoms with Gasteiger partial charge in [0.05, 0.1) is 25.7 Å². The summed E-state index contributed by atoms with van der Waals surface area (Å²) < 4.78 is 10.9. The van der Waals surface area contributed by atoms with Gasteiger partial charge in [-0.1, -0.05) is 59.8 Å². The first kappa shape index (κ1) is 23.7. The lowest BCUT2D eigenvalue weighted by Crippen LogP contribution is -2.42. The lowest BCUT2D eigenvalue weighted by molar-refractivity contribution is -0.127. The van der Waals surface area contributed by atoms with Crippen molar-refractivity contribution in [3.8, 4) is 11.4 Å². The third-order valence-corrected chi connectivity index (χ3v) is 6.73. The van der Waals surface area contributed by atoms with E-state index in [0.29, 0.717) is 31.3 Å². The van der Waals surface area contributed by atoms with Crippen LogP contribution in [0.1, 0.15) is 29.9 Å².